The first-order valence-corrected chi connectivity index (χ1v) is 5.67. The first kappa shape index (κ1) is 11.7. The second kappa shape index (κ2) is 5.50. The van der Waals surface area contributed by atoms with E-state index in [2.05, 4.69) is 10.4 Å². The molecule has 1 fully saturated rings. The molecule has 0 bridgehead atoms. The summed E-state index contributed by atoms with van der Waals surface area (Å²) in [6, 6.07) is 5.23. The number of nitrogens with one attached hydrogen (secondary N) is 1. The molecule has 88 valence electrons. The highest BCUT2D eigenvalue weighted by atomic mass is 35.5. The monoisotopic (exact) mass is 242 g/mol. The number of phenols is 1. The van der Waals surface area contributed by atoms with Crippen molar-refractivity contribution in [3.63, 3.8) is 0 Å². The van der Waals surface area contributed by atoms with Gasteiger partial charge in [-0.05, 0) is 17.7 Å². The molecular formula is C11H15ClN2O2. The van der Waals surface area contributed by atoms with E-state index in [4.69, 9.17) is 16.3 Å². The second-order valence-electron chi connectivity index (χ2n) is 3.72. The molecule has 0 saturated carbocycles. The van der Waals surface area contributed by atoms with Crippen molar-refractivity contribution in [1.82, 2.24) is 10.4 Å². The van der Waals surface area contributed by atoms with Crippen molar-refractivity contribution in [3.05, 3.63) is 28.8 Å². The Morgan fingerprint density at radius 2 is 2.12 bits per heavy atom. The van der Waals surface area contributed by atoms with Gasteiger partial charge in [-0.3, -0.25) is 5.43 Å². The summed E-state index contributed by atoms with van der Waals surface area (Å²) < 4.78 is 5.25. The van der Waals surface area contributed by atoms with Crippen molar-refractivity contribution in [1.29, 1.82) is 0 Å². The summed E-state index contributed by atoms with van der Waals surface area (Å²) in [5.74, 6) is 0.122. The third-order valence-corrected chi connectivity index (χ3v) is 2.83. The maximum absolute atomic E-state index is 9.28. The molecule has 0 aromatic heterocycles. The number of hydrogen-bond donors (Lipinski definition) is 2. The van der Waals surface area contributed by atoms with Gasteiger partial charge in [0.15, 0.2) is 0 Å². The van der Waals surface area contributed by atoms with Crippen LogP contribution in [-0.2, 0) is 11.3 Å². The third kappa shape index (κ3) is 3.09. The van der Waals surface area contributed by atoms with Gasteiger partial charge >= 0.3 is 0 Å². The van der Waals surface area contributed by atoms with Crippen molar-refractivity contribution in [2.24, 2.45) is 0 Å². The molecule has 0 aliphatic carbocycles. The molecule has 1 aromatic carbocycles. The minimum atomic E-state index is 0.122. The Bertz CT molecular complexity index is 354. The van der Waals surface area contributed by atoms with Gasteiger partial charge in [0.25, 0.3) is 0 Å². The normalized spacial score (nSPS) is 17.6. The summed E-state index contributed by atoms with van der Waals surface area (Å²) in [5.41, 5.74) is 4.35. The number of benzene rings is 1. The molecule has 0 radical (unpaired) electrons. The van der Waals surface area contributed by atoms with Crippen LogP contribution in [-0.4, -0.2) is 36.4 Å². The first-order chi connectivity index (χ1) is 7.75. The lowest BCUT2D eigenvalue weighted by atomic mass is 10.2. The predicted molar refractivity (Wildman–Crippen MR) is 62.3 cm³/mol. The number of nitrogens with zero attached hydrogens (tertiary/aromatic N) is 1. The molecule has 1 saturated heterocycles. The van der Waals surface area contributed by atoms with E-state index in [1.54, 1.807) is 12.1 Å². The molecule has 4 nitrogen and oxygen atoms in total. The average Bonchev–Trinajstić information content (AvgIpc) is 2.32. The van der Waals surface area contributed by atoms with Gasteiger partial charge in [-0.1, -0.05) is 17.7 Å². The molecule has 16 heavy (non-hydrogen) atoms. The molecule has 1 aliphatic heterocycles. The standard InChI is InChI=1S/C11H15ClN2O2/c12-10-7-9(1-2-11(10)15)8-13-14-3-5-16-6-4-14/h1-2,7,13,15H,3-6,8H2. The number of morpholine rings is 1. The van der Waals surface area contributed by atoms with Crippen molar-refractivity contribution >= 4 is 11.6 Å². The van der Waals surface area contributed by atoms with Crippen LogP contribution in [0.25, 0.3) is 0 Å². The second-order valence-corrected chi connectivity index (χ2v) is 4.13. The summed E-state index contributed by atoms with van der Waals surface area (Å²) >= 11 is 5.82. The fourth-order valence-corrected chi connectivity index (χ4v) is 1.79. The van der Waals surface area contributed by atoms with Crippen LogP contribution in [0.4, 0.5) is 0 Å². The number of aromatic hydroxyl groups is 1. The maximum Gasteiger partial charge on any atom is 0.134 e. The zero-order valence-electron chi connectivity index (χ0n) is 8.95. The highest BCUT2D eigenvalue weighted by Crippen LogP contribution is 2.23. The maximum atomic E-state index is 9.28. The van der Waals surface area contributed by atoms with Crippen LogP contribution in [0.3, 0.4) is 0 Å². The van der Waals surface area contributed by atoms with E-state index < -0.39 is 0 Å². The van der Waals surface area contributed by atoms with Crippen molar-refractivity contribution in [3.8, 4) is 5.75 Å². The Labute approximate surface area is 99.7 Å². The number of halogens is 1. The van der Waals surface area contributed by atoms with Gasteiger partial charge in [0.05, 0.1) is 18.2 Å². The van der Waals surface area contributed by atoms with Gasteiger partial charge in [0.2, 0.25) is 0 Å². The molecule has 0 atom stereocenters. The van der Waals surface area contributed by atoms with Crippen LogP contribution in [0.5, 0.6) is 5.75 Å². The Morgan fingerprint density at radius 3 is 2.81 bits per heavy atom. The molecule has 1 heterocycles. The van der Waals surface area contributed by atoms with Gasteiger partial charge in [-0.25, -0.2) is 5.01 Å². The summed E-state index contributed by atoms with van der Waals surface area (Å²) in [6.45, 7) is 4.03. The molecule has 2 rings (SSSR count). The minimum absolute atomic E-state index is 0.122. The van der Waals surface area contributed by atoms with Crippen LogP contribution in [0.2, 0.25) is 5.02 Å². The lowest BCUT2D eigenvalue weighted by Gasteiger charge is -2.27. The van der Waals surface area contributed by atoms with Crippen LogP contribution >= 0.6 is 11.6 Å². The summed E-state index contributed by atoms with van der Waals surface area (Å²) in [6.07, 6.45) is 0. The lowest BCUT2D eigenvalue weighted by molar-refractivity contribution is 0.0106. The van der Waals surface area contributed by atoms with E-state index in [1.807, 2.05) is 6.07 Å². The molecule has 0 amide bonds. The number of hydrogen-bond acceptors (Lipinski definition) is 4. The number of phenolic OH excluding ortho intramolecular Hbond substituents is 1. The quantitative estimate of drug-likeness (QED) is 0.841. The molecular weight excluding hydrogens is 228 g/mol. The minimum Gasteiger partial charge on any atom is -0.506 e. The highest BCUT2D eigenvalue weighted by molar-refractivity contribution is 6.32. The van der Waals surface area contributed by atoms with Gasteiger partial charge in [0, 0.05) is 19.6 Å². The van der Waals surface area contributed by atoms with Crippen LogP contribution < -0.4 is 5.43 Å². The molecule has 2 N–H and O–H groups in total. The summed E-state index contributed by atoms with van der Waals surface area (Å²) in [5, 5.41) is 11.8. The topological polar surface area (TPSA) is 44.7 Å². The number of ether oxygens (including phenoxy) is 1. The van der Waals surface area contributed by atoms with E-state index in [9.17, 15) is 5.11 Å². The Balaban J connectivity index is 1.86. The SMILES string of the molecule is Oc1ccc(CNN2CCOCC2)cc1Cl. The average molecular weight is 243 g/mol. The summed E-state index contributed by atoms with van der Waals surface area (Å²) in [7, 11) is 0. The van der Waals surface area contributed by atoms with E-state index >= 15 is 0 Å². The molecule has 5 heteroatoms. The Morgan fingerprint density at radius 1 is 1.38 bits per heavy atom. The van der Waals surface area contributed by atoms with Crippen LogP contribution in [0.1, 0.15) is 5.56 Å². The zero-order valence-corrected chi connectivity index (χ0v) is 9.70. The van der Waals surface area contributed by atoms with Gasteiger partial charge in [0.1, 0.15) is 5.75 Å². The van der Waals surface area contributed by atoms with Crippen molar-refractivity contribution < 1.29 is 9.84 Å². The molecule has 1 aromatic rings. The molecule has 0 unspecified atom stereocenters. The number of hydrazine groups is 1. The smallest absolute Gasteiger partial charge is 0.134 e. The zero-order chi connectivity index (χ0) is 11.4. The first-order valence-electron chi connectivity index (χ1n) is 5.29. The molecule has 0 spiro atoms. The fraction of sp³-hybridized carbons (Fsp3) is 0.455. The van der Waals surface area contributed by atoms with E-state index in [-0.39, 0.29) is 5.75 Å². The van der Waals surface area contributed by atoms with Gasteiger partial charge < -0.3 is 9.84 Å². The fourth-order valence-electron chi connectivity index (χ4n) is 1.58. The van der Waals surface area contributed by atoms with Crippen LogP contribution in [0.15, 0.2) is 18.2 Å². The predicted octanol–water partition coefficient (Wildman–Crippen LogP) is 1.38. The van der Waals surface area contributed by atoms with Gasteiger partial charge in [-0.2, -0.15) is 0 Å². The molecule has 1 aliphatic rings. The Hall–Kier alpha value is -0.810. The van der Waals surface area contributed by atoms with Crippen LogP contribution in [0, 0.1) is 0 Å². The van der Waals surface area contributed by atoms with E-state index in [0.29, 0.717) is 11.6 Å². The van der Waals surface area contributed by atoms with Gasteiger partial charge in [-0.15, -0.1) is 0 Å². The largest absolute Gasteiger partial charge is 0.506 e. The lowest BCUT2D eigenvalue weighted by Crippen LogP contribution is -2.45. The Kier molecular flexibility index (Phi) is 4.01. The van der Waals surface area contributed by atoms with Crippen molar-refractivity contribution in [2.45, 2.75) is 6.54 Å². The van der Waals surface area contributed by atoms with E-state index in [1.165, 1.54) is 0 Å². The highest BCUT2D eigenvalue weighted by Gasteiger charge is 2.09. The number of rotatable bonds is 3. The van der Waals surface area contributed by atoms with Crippen molar-refractivity contribution in [2.75, 3.05) is 26.3 Å². The van der Waals surface area contributed by atoms with E-state index in [0.717, 1.165) is 31.9 Å². The summed E-state index contributed by atoms with van der Waals surface area (Å²) in [4.78, 5) is 0. The third-order valence-electron chi connectivity index (χ3n) is 2.53.